The van der Waals surface area contributed by atoms with Crippen LogP contribution in [0.25, 0.3) is 0 Å². The van der Waals surface area contributed by atoms with Crippen LogP contribution in [0.5, 0.6) is 0 Å². The number of hydrogen-bond donors (Lipinski definition) is 7. The second-order valence-electron chi connectivity index (χ2n) is 11.9. The average molecular weight is 490 g/mol. The smallest absolute Gasteiger partial charge is 0.254 e. The molecule has 7 fully saturated rings. The normalized spacial score (nSPS) is 47.7. The number of aliphatic hydroxyl groups is 2. The van der Waals surface area contributed by atoms with Gasteiger partial charge in [0.05, 0.1) is 6.61 Å². The van der Waals surface area contributed by atoms with Gasteiger partial charge in [0, 0.05) is 23.7 Å². The summed E-state index contributed by atoms with van der Waals surface area (Å²) in [5.41, 5.74) is 3.43. The van der Waals surface area contributed by atoms with Crippen LogP contribution in [0.3, 0.4) is 0 Å². The molecule has 35 heavy (non-hydrogen) atoms. The minimum Gasteiger partial charge on any atom is -0.394 e. The third kappa shape index (κ3) is 2.51. The van der Waals surface area contributed by atoms with Gasteiger partial charge in [0.15, 0.2) is 0 Å². The van der Waals surface area contributed by atoms with Crippen LogP contribution in [-0.4, -0.2) is 69.8 Å². The van der Waals surface area contributed by atoms with Gasteiger partial charge in [-0.1, -0.05) is 20.3 Å². The van der Waals surface area contributed by atoms with E-state index in [4.69, 9.17) is 10.8 Å². The lowest BCUT2D eigenvalue weighted by atomic mass is 9.50. The number of nitrogens with one attached hydrogen (secondary N) is 4. The van der Waals surface area contributed by atoms with Crippen LogP contribution in [0.2, 0.25) is 0 Å². The molecule has 8 N–H and O–H groups in total. The number of rotatable bonds is 9. The molecule has 11 nitrogen and oxygen atoms in total. The largest absolute Gasteiger partial charge is 0.394 e. The van der Waals surface area contributed by atoms with Gasteiger partial charge in [0.25, 0.3) is 5.91 Å². The predicted molar refractivity (Wildman–Crippen MR) is 121 cm³/mol. The van der Waals surface area contributed by atoms with Gasteiger partial charge in [0.1, 0.15) is 29.4 Å². The van der Waals surface area contributed by atoms with Crippen LogP contribution in [0.15, 0.2) is 0 Å². The highest BCUT2D eigenvalue weighted by molar-refractivity contribution is 5.95. The summed E-state index contributed by atoms with van der Waals surface area (Å²) in [6.45, 7) is 4.72. The maximum Gasteiger partial charge on any atom is 0.254 e. The van der Waals surface area contributed by atoms with Crippen LogP contribution < -0.4 is 27.0 Å². The summed E-state index contributed by atoms with van der Waals surface area (Å²) < 4.78 is 0. The molecule has 5 saturated carbocycles. The van der Waals surface area contributed by atoms with Crippen molar-refractivity contribution < 1.29 is 29.4 Å². The first kappa shape index (κ1) is 23.2. The Hall–Kier alpha value is -2.24. The number of carbonyl (C=O) groups excluding carboxylic acids is 4. The fraction of sp³-hybridized carbons (Fsp3) is 0.833. The Morgan fingerprint density at radius 3 is 2.37 bits per heavy atom. The zero-order valence-electron chi connectivity index (χ0n) is 20.2. The summed E-state index contributed by atoms with van der Waals surface area (Å²) >= 11 is 0. The lowest BCUT2D eigenvalue weighted by molar-refractivity contribution is -0.214. The van der Waals surface area contributed by atoms with Crippen molar-refractivity contribution in [2.75, 3.05) is 6.61 Å². The van der Waals surface area contributed by atoms with E-state index in [1.165, 1.54) is 0 Å². The van der Waals surface area contributed by atoms with E-state index in [0.29, 0.717) is 30.1 Å². The van der Waals surface area contributed by atoms with Crippen molar-refractivity contribution in [1.29, 1.82) is 0 Å². The molecule has 14 atom stereocenters. The van der Waals surface area contributed by atoms with Crippen LogP contribution >= 0.6 is 0 Å². The van der Waals surface area contributed by atoms with E-state index in [1.807, 2.05) is 13.8 Å². The Bertz CT molecular complexity index is 1020. The van der Waals surface area contributed by atoms with Crippen molar-refractivity contribution in [3.05, 3.63) is 0 Å². The Kier molecular flexibility index (Phi) is 4.74. The predicted octanol–water partition coefficient (Wildman–Crippen LogP) is -2.60. The van der Waals surface area contributed by atoms with E-state index in [2.05, 4.69) is 21.3 Å². The highest BCUT2D eigenvalue weighted by atomic mass is 16.3. The molecule has 0 aromatic carbocycles. The average Bonchev–Trinajstić information content (AvgIpc) is 3.36. The maximum absolute atomic E-state index is 13.4. The summed E-state index contributed by atoms with van der Waals surface area (Å²) in [6, 6.07) is -2.97. The minimum absolute atomic E-state index is 0.0270. The van der Waals surface area contributed by atoms with Crippen LogP contribution in [0, 0.1) is 53.3 Å². The Morgan fingerprint density at radius 2 is 1.71 bits per heavy atom. The number of fused-ring (bicyclic) bond motifs is 1. The molecule has 7 rings (SSSR count). The molecule has 0 spiro atoms. The molecule has 7 aliphatic rings. The van der Waals surface area contributed by atoms with Crippen molar-refractivity contribution in [3.63, 3.8) is 0 Å². The van der Waals surface area contributed by atoms with E-state index in [9.17, 15) is 24.3 Å². The molecule has 192 valence electrons. The summed E-state index contributed by atoms with van der Waals surface area (Å²) in [7, 11) is 0. The minimum atomic E-state index is -1.30. The van der Waals surface area contributed by atoms with Gasteiger partial charge in [-0.3, -0.25) is 19.2 Å². The van der Waals surface area contributed by atoms with E-state index in [-0.39, 0.29) is 35.5 Å². The summed E-state index contributed by atoms with van der Waals surface area (Å²) in [4.78, 5) is 51.6. The Balaban J connectivity index is 1.17. The number of hydrogen-bond acceptors (Lipinski definition) is 7. The van der Waals surface area contributed by atoms with E-state index >= 15 is 0 Å². The number of nitrogens with two attached hydrogens (primary N) is 1. The summed E-state index contributed by atoms with van der Waals surface area (Å²) in [5, 5.41) is 31.9. The fourth-order valence-corrected chi connectivity index (χ4v) is 9.35. The second-order valence-corrected chi connectivity index (χ2v) is 11.9. The molecule has 2 heterocycles. The summed E-state index contributed by atoms with van der Waals surface area (Å²) in [6.07, 6.45) is 1.62. The Morgan fingerprint density at radius 1 is 1.06 bits per heavy atom. The van der Waals surface area contributed by atoms with Gasteiger partial charge in [0.2, 0.25) is 17.7 Å². The standard InChI is InChI=1S/C24H35N5O6/c1-4-7(2)18(27-20(32)11(25)6-30)21(33)26-8(3)19(31)28-24-15-10-5-9-12-13(10)17(24)16(12)23(35,14(9)15)22(34)29-24/h7-18,30,35H,4-6,25H2,1-3H3,(H,26,33)(H,27,32)(H,28,31)(H,29,34)/t7?,8?,9-,10+,11?,12?,13?,14?,15?,16?,17?,18?,23+,24+/m1/s1. The second kappa shape index (κ2) is 7.17. The lowest BCUT2D eigenvalue weighted by Crippen LogP contribution is -2.85. The Labute approximate surface area is 203 Å². The monoisotopic (exact) mass is 489 g/mol. The zero-order valence-corrected chi connectivity index (χ0v) is 20.2. The first-order chi connectivity index (χ1) is 16.5. The number of piperidine rings is 2. The van der Waals surface area contributed by atoms with Crippen molar-refractivity contribution in [2.45, 2.75) is 63.0 Å². The van der Waals surface area contributed by atoms with E-state index < -0.39 is 53.7 Å². The highest BCUT2D eigenvalue weighted by Gasteiger charge is 2.95. The van der Waals surface area contributed by atoms with Gasteiger partial charge >= 0.3 is 0 Å². The SMILES string of the molecule is CCC(C)C(NC(=O)C(N)CO)C(=O)NC(C)C(=O)N[C@@]12NC(=O)[C@@]3(O)C4C5C(C41)[C@@H]1C[C@H]5C3C12. The fourth-order valence-electron chi connectivity index (χ4n) is 9.35. The van der Waals surface area contributed by atoms with Crippen molar-refractivity contribution in [3.8, 4) is 0 Å². The number of carbonyl (C=O) groups is 4. The van der Waals surface area contributed by atoms with Gasteiger partial charge in [-0.05, 0) is 42.9 Å². The third-order valence-corrected chi connectivity index (χ3v) is 10.7. The van der Waals surface area contributed by atoms with Gasteiger partial charge in [-0.2, -0.15) is 0 Å². The molecule has 11 heteroatoms. The zero-order chi connectivity index (χ0) is 25.2. The van der Waals surface area contributed by atoms with Crippen molar-refractivity contribution >= 4 is 23.6 Å². The molecule has 0 aromatic rings. The van der Waals surface area contributed by atoms with Crippen molar-refractivity contribution in [1.82, 2.24) is 21.3 Å². The van der Waals surface area contributed by atoms with Gasteiger partial charge in [-0.25, -0.2) is 0 Å². The lowest BCUT2D eigenvalue weighted by Gasteiger charge is -2.63. The molecule has 4 bridgehead atoms. The van der Waals surface area contributed by atoms with Crippen LogP contribution in [0.4, 0.5) is 0 Å². The molecule has 2 saturated heterocycles. The molecule has 10 unspecified atom stereocenters. The molecular formula is C24H35N5O6. The molecule has 0 aromatic heterocycles. The number of aliphatic hydroxyl groups excluding tert-OH is 1. The van der Waals surface area contributed by atoms with Crippen LogP contribution in [-0.2, 0) is 19.2 Å². The topological polar surface area (TPSA) is 183 Å². The highest BCUT2D eigenvalue weighted by Crippen LogP contribution is 2.88. The van der Waals surface area contributed by atoms with Gasteiger partial charge < -0.3 is 37.2 Å². The first-order valence-corrected chi connectivity index (χ1v) is 12.9. The molecule has 5 aliphatic carbocycles. The number of amides is 4. The van der Waals surface area contributed by atoms with E-state index in [1.54, 1.807) is 6.92 Å². The van der Waals surface area contributed by atoms with Crippen LogP contribution in [0.1, 0.15) is 33.6 Å². The summed E-state index contributed by atoms with van der Waals surface area (Å²) in [5.74, 6) is -0.677. The maximum atomic E-state index is 13.4. The first-order valence-electron chi connectivity index (χ1n) is 12.9. The third-order valence-electron chi connectivity index (χ3n) is 10.7. The van der Waals surface area contributed by atoms with Crippen molar-refractivity contribution in [2.24, 2.45) is 59.0 Å². The molecule has 2 aliphatic heterocycles. The van der Waals surface area contributed by atoms with Gasteiger partial charge in [-0.15, -0.1) is 0 Å². The van der Waals surface area contributed by atoms with E-state index in [0.717, 1.165) is 6.42 Å². The quantitative estimate of drug-likeness (QED) is 0.185. The molecular weight excluding hydrogens is 454 g/mol. The molecule has 4 amide bonds. The molecule has 0 radical (unpaired) electrons.